The Morgan fingerprint density at radius 2 is 1.79 bits per heavy atom. The number of nitrogens with one attached hydrogen (secondary N) is 1. The number of alkyl halides is 1. The number of carbonyl (C=O) groups excluding carboxylic acids is 1. The molecule has 1 saturated carbocycles. The van der Waals surface area contributed by atoms with Crippen LogP contribution in [0.1, 0.15) is 59.3 Å². The Kier molecular flexibility index (Phi) is 7.93. The number of likely N-dealkylation sites (tertiary alicyclic amines) is 1. The average molecular weight is 346 g/mol. The summed E-state index contributed by atoms with van der Waals surface area (Å²) in [5, 5.41) is 12.1. The SMILES string of the molecule is CC(C)(C)OC(=O)N1C[C@H](F)C[C@H]1C(=O)O.CNC1CCCCC1. The highest BCUT2D eigenvalue weighted by atomic mass is 19.1. The fourth-order valence-electron chi connectivity index (χ4n) is 2.93. The summed E-state index contributed by atoms with van der Waals surface area (Å²) in [5.74, 6) is -1.20. The number of amides is 1. The van der Waals surface area contributed by atoms with E-state index in [1.807, 2.05) is 0 Å². The second-order valence-corrected chi connectivity index (χ2v) is 7.44. The number of ether oxygens (including phenoxy) is 1. The zero-order valence-corrected chi connectivity index (χ0v) is 15.2. The number of halogens is 1. The van der Waals surface area contributed by atoms with Crippen LogP contribution in [0.3, 0.4) is 0 Å². The minimum atomic E-state index is -1.30. The first-order valence-electron chi connectivity index (χ1n) is 8.67. The number of nitrogens with zero attached hydrogens (tertiary/aromatic N) is 1. The number of carboxylic acids is 1. The van der Waals surface area contributed by atoms with Gasteiger partial charge in [-0.1, -0.05) is 19.3 Å². The molecule has 2 atom stereocenters. The van der Waals surface area contributed by atoms with Crippen molar-refractivity contribution in [3.63, 3.8) is 0 Å². The van der Waals surface area contributed by atoms with Gasteiger partial charge in [-0.25, -0.2) is 14.0 Å². The predicted octanol–water partition coefficient (Wildman–Crippen LogP) is 2.96. The van der Waals surface area contributed by atoms with E-state index in [-0.39, 0.29) is 13.0 Å². The summed E-state index contributed by atoms with van der Waals surface area (Å²) in [7, 11) is 2.07. The van der Waals surface area contributed by atoms with Crippen molar-refractivity contribution in [2.24, 2.45) is 0 Å². The maximum absolute atomic E-state index is 13.1. The molecule has 6 nitrogen and oxygen atoms in total. The van der Waals surface area contributed by atoms with Crippen LogP contribution in [0.4, 0.5) is 9.18 Å². The maximum atomic E-state index is 13.1. The summed E-state index contributed by atoms with van der Waals surface area (Å²) >= 11 is 0. The van der Waals surface area contributed by atoms with Crippen LogP contribution in [-0.2, 0) is 9.53 Å². The molecule has 0 unspecified atom stereocenters. The summed E-state index contributed by atoms with van der Waals surface area (Å²) in [4.78, 5) is 23.3. The Hall–Kier alpha value is -1.37. The summed E-state index contributed by atoms with van der Waals surface area (Å²) in [5.41, 5.74) is -0.714. The molecule has 0 aromatic rings. The number of carboxylic acid groups (broad SMARTS) is 1. The molecule has 2 rings (SSSR count). The van der Waals surface area contributed by atoms with Gasteiger partial charge in [-0.2, -0.15) is 0 Å². The van der Waals surface area contributed by atoms with Crippen LogP contribution in [0.5, 0.6) is 0 Å². The first-order valence-corrected chi connectivity index (χ1v) is 8.67. The normalized spacial score (nSPS) is 25.0. The van der Waals surface area contributed by atoms with Gasteiger partial charge >= 0.3 is 12.1 Å². The smallest absolute Gasteiger partial charge is 0.411 e. The lowest BCUT2D eigenvalue weighted by Crippen LogP contribution is -2.43. The second kappa shape index (κ2) is 9.20. The molecule has 1 heterocycles. The Morgan fingerprint density at radius 1 is 1.21 bits per heavy atom. The summed E-state index contributed by atoms with van der Waals surface area (Å²) in [6.45, 7) is 4.79. The molecule has 2 aliphatic rings. The van der Waals surface area contributed by atoms with Gasteiger partial charge < -0.3 is 15.2 Å². The van der Waals surface area contributed by atoms with Crippen LogP contribution in [0.15, 0.2) is 0 Å². The van der Waals surface area contributed by atoms with E-state index in [1.54, 1.807) is 20.8 Å². The quantitative estimate of drug-likeness (QED) is 0.804. The summed E-state index contributed by atoms with van der Waals surface area (Å²) < 4.78 is 18.1. The Balaban J connectivity index is 0.000000300. The van der Waals surface area contributed by atoms with Crippen molar-refractivity contribution in [2.75, 3.05) is 13.6 Å². The largest absolute Gasteiger partial charge is 0.480 e. The molecule has 24 heavy (non-hydrogen) atoms. The van der Waals surface area contributed by atoms with Gasteiger partial charge in [-0.05, 0) is 40.7 Å². The molecule has 140 valence electrons. The average Bonchev–Trinajstić information content (AvgIpc) is 2.89. The van der Waals surface area contributed by atoms with Crippen LogP contribution < -0.4 is 5.32 Å². The van der Waals surface area contributed by atoms with Crippen molar-refractivity contribution in [1.82, 2.24) is 10.2 Å². The second-order valence-electron chi connectivity index (χ2n) is 7.44. The molecule has 0 spiro atoms. The minimum absolute atomic E-state index is 0.172. The van der Waals surface area contributed by atoms with E-state index >= 15 is 0 Å². The van der Waals surface area contributed by atoms with Crippen molar-refractivity contribution < 1.29 is 23.8 Å². The predicted molar refractivity (Wildman–Crippen MR) is 89.8 cm³/mol. The monoisotopic (exact) mass is 346 g/mol. The molecular formula is C17H31FN2O4. The van der Waals surface area contributed by atoms with E-state index in [9.17, 15) is 14.0 Å². The standard InChI is InChI=1S/C10H16FNO4.C7H15N/c1-10(2,3)16-9(15)12-5-6(11)4-7(12)8(13)14;1-8-7-5-3-2-4-6-7/h6-7H,4-5H2,1-3H3,(H,13,14);7-8H,2-6H2,1H3/t6-,7+;/m1./s1. The molecule has 2 N–H and O–H groups in total. The minimum Gasteiger partial charge on any atom is -0.480 e. The number of hydrogen-bond acceptors (Lipinski definition) is 4. The Labute approximate surface area is 143 Å². The summed E-state index contributed by atoms with van der Waals surface area (Å²) in [6, 6.07) is -0.284. The zero-order valence-electron chi connectivity index (χ0n) is 15.2. The molecule has 7 heteroatoms. The van der Waals surface area contributed by atoms with Crippen molar-refractivity contribution in [2.45, 2.75) is 83.2 Å². The molecule has 1 aliphatic heterocycles. The van der Waals surface area contributed by atoms with Gasteiger partial charge in [-0.15, -0.1) is 0 Å². The van der Waals surface area contributed by atoms with E-state index < -0.39 is 29.9 Å². The number of carbonyl (C=O) groups is 2. The molecule has 0 aromatic carbocycles. The molecule has 0 bridgehead atoms. The highest BCUT2D eigenvalue weighted by Gasteiger charge is 2.41. The third-order valence-corrected chi connectivity index (χ3v) is 4.18. The van der Waals surface area contributed by atoms with Crippen molar-refractivity contribution in [3.05, 3.63) is 0 Å². The number of hydrogen-bond donors (Lipinski definition) is 2. The van der Waals surface area contributed by atoms with Crippen molar-refractivity contribution in [1.29, 1.82) is 0 Å². The van der Waals surface area contributed by atoms with Gasteiger partial charge in [0.05, 0.1) is 6.54 Å². The van der Waals surface area contributed by atoms with Crippen LogP contribution in [0, 0.1) is 0 Å². The highest BCUT2D eigenvalue weighted by Crippen LogP contribution is 2.23. The zero-order chi connectivity index (χ0) is 18.3. The molecular weight excluding hydrogens is 315 g/mol. The first-order chi connectivity index (χ1) is 11.1. The molecule has 1 saturated heterocycles. The van der Waals surface area contributed by atoms with Gasteiger partial charge in [0.2, 0.25) is 0 Å². The van der Waals surface area contributed by atoms with Gasteiger partial charge in [0, 0.05) is 12.5 Å². The van der Waals surface area contributed by atoms with E-state index in [1.165, 1.54) is 32.1 Å². The van der Waals surface area contributed by atoms with Gasteiger partial charge in [-0.3, -0.25) is 4.90 Å². The topological polar surface area (TPSA) is 78.9 Å². The van der Waals surface area contributed by atoms with E-state index in [0.717, 1.165) is 10.9 Å². The van der Waals surface area contributed by atoms with E-state index in [2.05, 4.69) is 12.4 Å². The lowest BCUT2D eigenvalue weighted by atomic mass is 9.96. The Bertz CT molecular complexity index is 419. The van der Waals surface area contributed by atoms with Gasteiger partial charge in [0.15, 0.2) is 0 Å². The van der Waals surface area contributed by atoms with Crippen LogP contribution >= 0.6 is 0 Å². The number of aliphatic carboxylic acids is 1. The first kappa shape index (κ1) is 20.7. The number of rotatable bonds is 2. The van der Waals surface area contributed by atoms with Gasteiger partial charge in [0.1, 0.15) is 17.8 Å². The van der Waals surface area contributed by atoms with Crippen LogP contribution in [-0.4, -0.2) is 59.5 Å². The maximum Gasteiger partial charge on any atom is 0.411 e. The summed E-state index contributed by atoms with van der Waals surface area (Å²) in [6.07, 6.45) is 4.88. The van der Waals surface area contributed by atoms with Crippen molar-refractivity contribution >= 4 is 12.1 Å². The third-order valence-electron chi connectivity index (χ3n) is 4.18. The molecule has 1 aliphatic carbocycles. The Morgan fingerprint density at radius 3 is 2.21 bits per heavy atom. The third kappa shape index (κ3) is 7.03. The van der Waals surface area contributed by atoms with Crippen LogP contribution in [0.2, 0.25) is 0 Å². The lowest BCUT2D eigenvalue weighted by molar-refractivity contribution is -0.142. The molecule has 0 aromatic heterocycles. The highest BCUT2D eigenvalue weighted by molar-refractivity contribution is 5.81. The van der Waals surface area contributed by atoms with E-state index in [0.29, 0.717) is 0 Å². The fraction of sp³-hybridized carbons (Fsp3) is 0.882. The molecule has 0 radical (unpaired) electrons. The molecule has 1 amide bonds. The fourth-order valence-corrected chi connectivity index (χ4v) is 2.93. The van der Waals surface area contributed by atoms with Crippen molar-refractivity contribution in [3.8, 4) is 0 Å². The lowest BCUT2D eigenvalue weighted by Gasteiger charge is -2.26. The van der Waals surface area contributed by atoms with Gasteiger partial charge in [0.25, 0.3) is 0 Å². The van der Waals surface area contributed by atoms with Crippen LogP contribution in [0.25, 0.3) is 0 Å². The van der Waals surface area contributed by atoms with E-state index in [4.69, 9.17) is 9.84 Å². The molecule has 2 fully saturated rings.